The Kier molecular flexibility index (Phi) is 7.55. The molecule has 2 N–H and O–H groups in total. The molecule has 0 saturated carbocycles. The molecule has 0 bridgehead atoms. The fourth-order valence-electron chi connectivity index (χ4n) is 4.14. The number of carbonyl (C=O) groups excluding carboxylic acids is 2. The van der Waals surface area contributed by atoms with E-state index in [-0.39, 0.29) is 18.3 Å². The van der Waals surface area contributed by atoms with Gasteiger partial charge in [0, 0.05) is 23.5 Å². The van der Waals surface area contributed by atoms with Gasteiger partial charge in [0.1, 0.15) is 6.07 Å². The van der Waals surface area contributed by atoms with Gasteiger partial charge < -0.3 is 24.6 Å². The highest BCUT2D eigenvalue weighted by atomic mass is 16.5. The minimum atomic E-state index is -0.488. The van der Waals surface area contributed by atoms with Gasteiger partial charge in [0.2, 0.25) is 5.91 Å². The number of aliphatic imine (C=N–C) groups is 1. The van der Waals surface area contributed by atoms with Gasteiger partial charge in [-0.1, -0.05) is 36.4 Å². The van der Waals surface area contributed by atoms with E-state index >= 15 is 0 Å². The molecule has 1 aromatic heterocycles. The number of nitriles is 1. The van der Waals surface area contributed by atoms with Crippen molar-refractivity contribution >= 4 is 39.9 Å². The number of ether oxygens (including phenoxy) is 1. The number of nitrogens with one attached hydrogen (secondary N) is 1. The van der Waals surface area contributed by atoms with Crippen LogP contribution in [0.2, 0.25) is 0 Å². The SMILES string of the molecule is COC(=O)c1ccc2c(C(=Nc3ccc(N(C)C(=O)CN(C)C)c(C#N)c3)c3ccccc3)c(O)[nH]c2c1. The molecule has 192 valence electrons. The highest BCUT2D eigenvalue weighted by Gasteiger charge is 2.21. The smallest absolute Gasteiger partial charge is 0.337 e. The van der Waals surface area contributed by atoms with Crippen LogP contribution >= 0.6 is 0 Å². The molecule has 1 amide bonds. The second-order valence-electron chi connectivity index (χ2n) is 8.93. The topological polar surface area (TPSA) is 122 Å². The summed E-state index contributed by atoms with van der Waals surface area (Å²) in [6.07, 6.45) is 0. The molecule has 9 heteroatoms. The second-order valence-corrected chi connectivity index (χ2v) is 8.93. The monoisotopic (exact) mass is 509 g/mol. The van der Waals surface area contributed by atoms with Crippen LogP contribution in [0, 0.1) is 11.3 Å². The molecule has 0 aliphatic carbocycles. The molecular weight excluding hydrogens is 482 g/mol. The average molecular weight is 510 g/mol. The largest absolute Gasteiger partial charge is 0.494 e. The number of rotatable bonds is 7. The number of nitrogens with zero attached hydrogens (tertiary/aromatic N) is 4. The first-order valence-corrected chi connectivity index (χ1v) is 11.8. The summed E-state index contributed by atoms with van der Waals surface area (Å²) in [6, 6.07) is 21.5. The van der Waals surface area contributed by atoms with Crippen LogP contribution in [-0.4, -0.2) is 67.4 Å². The molecular formula is C29H27N5O4. The Balaban J connectivity index is 1.85. The maximum absolute atomic E-state index is 12.6. The number of aromatic nitrogens is 1. The van der Waals surface area contributed by atoms with Crippen LogP contribution in [0.15, 0.2) is 71.7 Å². The number of methoxy groups -OCH3 is 1. The van der Waals surface area contributed by atoms with Crippen molar-refractivity contribution in [3.05, 3.63) is 89.0 Å². The van der Waals surface area contributed by atoms with Crippen molar-refractivity contribution in [2.45, 2.75) is 0 Å². The molecule has 38 heavy (non-hydrogen) atoms. The number of aromatic amines is 1. The van der Waals surface area contributed by atoms with E-state index in [1.165, 1.54) is 12.0 Å². The Bertz CT molecular complexity index is 1580. The van der Waals surface area contributed by atoms with Crippen LogP contribution in [0.4, 0.5) is 11.4 Å². The van der Waals surface area contributed by atoms with Crippen molar-refractivity contribution in [2.75, 3.05) is 39.7 Å². The molecule has 0 saturated heterocycles. The molecule has 4 aromatic rings. The van der Waals surface area contributed by atoms with Crippen LogP contribution < -0.4 is 4.90 Å². The summed E-state index contributed by atoms with van der Waals surface area (Å²) in [6.45, 7) is 0.205. The van der Waals surface area contributed by atoms with Crippen molar-refractivity contribution in [1.29, 1.82) is 5.26 Å². The highest BCUT2D eigenvalue weighted by molar-refractivity contribution is 6.22. The van der Waals surface area contributed by atoms with E-state index in [2.05, 4.69) is 11.1 Å². The van der Waals surface area contributed by atoms with E-state index < -0.39 is 5.97 Å². The molecule has 0 spiro atoms. The normalized spacial score (nSPS) is 11.4. The van der Waals surface area contributed by atoms with E-state index in [1.54, 1.807) is 62.4 Å². The molecule has 0 atom stereocenters. The first-order valence-electron chi connectivity index (χ1n) is 11.8. The Labute approximate surface area is 220 Å². The van der Waals surface area contributed by atoms with Crippen molar-refractivity contribution in [1.82, 2.24) is 9.88 Å². The molecule has 9 nitrogen and oxygen atoms in total. The maximum atomic E-state index is 12.6. The van der Waals surface area contributed by atoms with Crippen molar-refractivity contribution in [2.24, 2.45) is 4.99 Å². The lowest BCUT2D eigenvalue weighted by atomic mass is 10.00. The minimum Gasteiger partial charge on any atom is -0.494 e. The van der Waals surface area contributed by atoms with E-state index in [1.807, 2.05) is 30.3 Å². The number of fused-ring (bicyclic) bond motifs is 1. The summed E-state index contributed by atoms with van der Waals surface area (Å²) in [7, 11) is 6.54. The third-order valence-corrected chi connectivity index (χ3v) is 6.01. The molecule has 4 rings (SSSR count). The van der Waals surface area contributed by atoms with Crippen molar-refractivity contribution in [3.8, 4) is 11.9 Å². The van der Waals surface area contributed by atoms with Crippen LogP contribution in [0.25, 0.3) is 10.9 Å². The van der Waals surface area contributed by atoms with Gasteiger partial charge >= 0.3 is 5.97 Å². The number of hydrogen-bond donors (Lipinski definition) is 2. The number of carbonyl (C=O) groups is 2. The molecule has 1 heterocycles. The Hall–Kier alpha value is -4.94. The van der Waals surface area contributed by atoms with Crippen LogP contribution in [0.5, 0.6) is 5.88 Å². The molecule has 0 aliphatic rings. The van der Waals surface area contributed by atoms with Gasteiger partial charge in [-0.2, -0.15) is 5.26 Å². The van der Waals surface area contributed by atoms with Crippen LogP contribution in [0.3, 0.4) is 0 Å². The fraction of sp³-hybridized carbons (Fsp3) is 0.172. The predicted molar refractivity (Wildman–Crippen MR) is 146 cm³/mol. The van der Waals surface area contributed by atoms with Gasteiger partial charge in [0.15, 0.2) is 5.88 Å². The Morgan fingerprint density at radius 1 is 1.03 bits per heavy atom. The van der Waals surface area contributed by atoms with Gasteiger partial charge in [0.25, 0.3) is 0 Å². The van der Waals surface area contributed by atoms with E-state index in [0.29, 0.717) is 44.7 Å². The highest BCUT2D eigenvalue weighted by Crippen LogP contribution is 2.33. The number of esters is 1. The zero-order valence-electron chi connectivity index (χ0n) is 21.5. The summed E-state index contributed by atoms with van der Waals surface area (Å²) >= 11 is 0. The standard InChI is InChI=1S/C29H27N5O4/c1-33(2)17-25(35)34(3)24-13-11-21(14-20(24)16-30)31-27(18-8-6-5-7-9-18)26-22-12-10-19(29(37)38-4)15-23(22)32-28(26)36/h5-15,32,36H,17H2,1-4H3. The van der Waals surface area contributed by atoms with Gasteiger partial charge in [0.05, 0.1) is 47.4 Å². The predicted octanol–water partition coefficient (Wildman–Crippen LogP) is 4.23. The Morgan fingerprint density at radius 2 is 1.76 bits per heavy atom. The zero-order chi connectivity index (χ0) is 27.4. The maximum Gasteiger partial charge on any atom is 0.337 e. The lowest BCUT2D eigenvalue weighted by molar-refractivity contribution is -0.118. The van der Waals surface area contributed by atoms with Gasteiger partial charge in [-0.25, -0.2) is 9.79 Å². The Morgan fingerprint density at radius 3 is 2.42 bits per heavy atom. The molecule has 0 radical (unpaired) electrons. The number of H-pyrrole nitrogens is 1. The number of likely N-dealkylation sites (N-methyl/N-ethyl adjacent to an activating group) is 2. The van der Waals surface area contributed by atoms with Crippen LogP contribution in [-0.2, 0) is 9.53 Å². The van der Waals surface area contributed by atoms with Crippen LogP contribution in [0.1, 0.15) is 27.0 Å². The zero-order valence-corrected chi connectivity index (χ0v) is 21.5. The second kappa shape index (κ2) is 11.0. The summed E-state index contributed by atoms with van der Waals surface area (Å²) in [5, 5.41) is 21.4. The lowest BCUT2D eigenvalue weighted by Crippen LogP contribution is -2.35. The molecule has 0 aliphatic heterocycles. The van der Waals surface area contributed by atoms with E-state index in [9.17, 15) is 20.0 Å². The average Bonchev–Trinajstić information content (AvgIpc) is 3.25. The third kappa shape index (κ3) is 5.26. The number of aromatic hydroxyl groups is 1. The first-order chi connectivity index (χ1) is 18.2. The number of benzene rings is 3. The van der Waals surface area contributed by atoms with Crippen molar-refractivity contribution in [3.63, 3.8) is 0 Å². The summed E-state index contributed by atoms with van der Waals surface area (Å²) < 4.78 is 4.81. The summed E-state index contributed by atoms with van der Waals surface area (Å²) in [5.41, 5.74) is 3.77. The van der Waals surface area contributed by atoms with Gasteiger partial charge in [-0.3, -0.25) is 4.79 Å². The number of amides is 1. The van der Waals surface area contributed by atoms with E-state index in [4.69, 9.17) is 9.73 Å². The van der Waals surface area contributed by atoms with Gasteiger partial charge in [-0.05, 0) is 44.4 Å². The first kappa shape index (κ1) is 26.1. The fourth-order valence-corrected chi connectivity index (χ4v) is 4.14. The third-order valence-electron chi connectivity index (χ3n) is 6.01. The molecule has 0 fully saturated rings. The number of anilines is 1. The quantitative estimate of drug-likeness (QED) is 0.284. The summed E-state index contributed by atoms with van der Waals surface area (Å²) in [5.74, 6) is -0.754. The summed E-state index contributed by atoms with van der Waals surface area (Å²) in [4.78, 5) is 35.5. The molecule has 0 unspecified atom stereocenters. The number of hydrogen-bond acceptors (Lipinski definition) is 7. The van der Waals surface area contributed by atoms with Gasteiger partial charge in [-0.15, -0.1) is 0 Å². The minimum absolute atomic E-state index is 0.115. The molecule has 3 aromatic carbocycles. The van der Waals surface area contributed by atoms with Crippen molar-refractivity contribution < 1.29 is 19.4 Å². The van der Waals surface area contributed by atoms with E-state index in [0.717, 1.165) is 5.56 Å². The lowest BCUT2D eigenvalue weighted by Gasteiger charge is -2.21.